The van der Waals surface area contributed by atoms with E-state index in [1.165, 1.54) is 21.1 Å². The molecule has 0 aromatic heterocycles. The van der Waals surface area contributed by atoms with Crippen LogP contribution < -0.4 is 14.8 Å². The van der Waals surface area contributed by atoms with Crippen LogP contribution in [0.1, 0.15) is 25.5 Å². The molecule has 1 aromatic carbocycles. The molecule has 1 amide bonds. The zero-order valence-electron chi connectivity index (χ0n) is 12.1. The van der Waals surface area contributed by atoms with Gasteiger partial charge in [-0.2, -0.15) is 0 Å². The minimum Gasteiger partial charge on any atom is -0.497 e. The first-order valence-corrected chi connectivity index (χ1v) is 6.19. The van der Waals surface area contributed by atoms with Gasteiger partial charge in [0.2, 0.25) is 5.91 Å². The van der Waals surface area contributed by atoms with E-state index in [-0.39, 0.29) is 12.5 Å². The summed E-state index contributed by atoms with van der Waals surface area (Å²) in [7, 11) is 3.01. The van der Waals surface area contributed by atoms with Gasteiger partial charge in [0.25, 0.3) is 0 Å². The average molecular weight is 281 g/mol. The molecule has 6 nitrogen and oxygen atoms in total. The number of hydrogen-bond acceptors (Lipinski definition) is 5. The maximum absolute atomic E-state index is 12.0. The van der Waals surface area contributed by atoms with Gasteiger partial charge in [-0.05, 0) is 19.1 Å². The summed E-state index contributed by atoms with van der Waals surface area (Å²) in [6.45, 7) is 3.27. The van der Waals surface area contributed by atoms with Crippen LogP contribution in [0, 0.1) is 0 Å². The fraction of sp³-hybridized carbons (Fsp3) is 0.429. The molecule has 0 bridgehead atoms. The molecule has 0 heterocycles. The van der Waals surface area contributed by atoms with E-state index in [0.717, 1.165) is 0 Å². The van der Waals surface area contributed by atoms with Crippen LogP contribution >= 0.6 is 0 Å². The Kier molecular flexibility index (Phi) is 5.83. The van der Waals surface area contributed by atoms with Crippen molar-refractivity contribution >= 4 is 11.9 Å². The molecule has 1 atom stereocenters. The van der Waals surface area contributed by atoms with Crippen molar-refractivity contribution in [2.24, 2.45) is 0 Å². The lowest BCUT2D eigenvalue weighted by atomic mass is 10.1. The van der Waals surface area contributed by atoms with E-state index in [1.54, 1.807) is 25.1 Å². The fourth-order valence-electron chi connectivity index (χ4n) is 1.75. The molecular formula is C14H19NO5. The van der Waals surface area contributed by atoms with Gasteiger partial charge in [0, 0.05) is 18.6 Å². The summed E-state index contributed by atoms with van der Waals surface area (Å²) in [6, 6.07) is 4.08. The molecule has 0 radical (unpaired) electrons. The van der Waals surface area contributed by atoms with E-state index >= 15 is 0 Å². The van der Waals surface area contributed by atoms with Crippen LogP contribution in [0.5, 0.6) is 11.5 Å². The van der Waals surface area contributed by atoms with E-state index in [4.69, 9.17) is 14.2 Å². The van der Waals surface area contributed by atoms with Gasteiger partial charge in [-0.25, -0.2) is 4.79 Å². The molecular weight excluding hydrogens is 262 g/mol. The maximum Gasteiger partial charge on any atom is 0.333 e. The molecule has 0 fully saturated rings. The van der Waals surface area contributed by atoms with E-state index in [1.807, 2.05) is 0 Å². The van der Waals surface area contributed by atoms with E-state index in [2.05, 4.69) is 5.32 Å². The second-order valence-corrected chi connectivity index (χ2v) is 3.99. The number of esters is 1. The smallest absolute Gasteiger partial charge is 0.333 e. The highest BCUT2D eigenvalue weighted by atomic mass is 16.5. The van der Waals surface area contributed by atoms with Crippen LogP contribution in [-0.2, 0) is 14.3 Å². The Morgan fingerprint density at radius 3 is 2.45 bits per heavy atom. The Labute approximate surface area is 118 Å². The van der Waals surface area contributed by atoms with Gasteiger partial charge in [-0.1, -0.05) is 0 Å². The number of ether oxygens (including phenoxy) is 3. The summed E-state index contributed by atoms with van der Waals surface area (Å²) < 4.78 is 15.3. The first kappa shape index (κ1) is 15.8. The van der Waals surface area contributed by atoms with Gasteiger partial charge in [-0.15, -0.1) is 0 Å². The van der Waals surface area contributed by atoms with E-state index in [0.29, 0.717) is 17.1 Å². The summed E-state index contributed by atoms with van der Waals surface area (Å²) in [5.74, 6) is 0.166. The molecule has 6 heteroatoms. The average Bonchev–Trinajstić information content (AvgIpc) is 2.44. The van der Waals surface area contributed by atoms with Gasteiger partial charge < -0.3 is 19.5 Å². The predicted octanol–water partition coefficient (Wildman–Crippen LogP) is 1.44. The second-order valence-electron chi connectivity index (χ2n) is 3.99. The normalized spacial score (nSPS) is 11.4. The standard InChI is InChI=1S/C14H19NO5/c1-5-20-14(17)13(15-9(2)16)11-7-6-10(18-3)8-12(11)19-4/h6-8,13H,5H2,1-4H3,(H,15,16). The van der Waals surface area contributed by atoms with Crippen LogP contribution in [0.15, 0.2) is 18.2 Å². The number of hydrogen-bond donors (Lipinski definition) is 1. The van der Waals surface area contributed by atoms with Crippen molar-refractivity contribution in [1.29, 1.82) is 0 Å². The highest BCUT2D eigenvalue weighted by Gasteiger charge is 2.26. The third kappa shape index (κ3) is 3.88. The first-order chi connectivity index (χ1) is 9.53. The molecule has 1 rings (SSSR count). The molecule has 1 unspecified atom stereocenters. The van der Waals surface area contributed by atoms with Crippen molar-refractivity contribution in [3.05, 3.63) is 23.8 Å². The van der Waals surface area contributed by atoms with Gasteiger partial charge in [-0.3, -0.25) is 4.79 Å². The number of amides is 1. The molecule has 0 aliphatic rings. The van der Waals surface area contributed by atoms with Crippen molar-refractivity contribution in [1.82, 2.24) is 5.32 Å². The number of carbonyl (C=O) groups excluding carboxylic acids is 2. The lowest BCUT2D eigenvalue weighted by molar-refractivity contribution is -0.147. The van der Waals surface area contributed by atoms with E-state index in [9.17, 15) is 9.59 Å². The molecule has 0 saturated carbocycles. The molecule has 20 heavy (non-hydrogen) atoms. The molecule has 0 saturated heterocycles. The van der Waals surface area contributed by atoms with E-state index < -0.39 is 12.0 Å². The van der Waals surface area contributed by atoms with Crippen molar-refractivity contribution in [2.75, 3.05) is 20.8 Å². The highest BCUT2D eigenvalue weighted by molar-refractivity contribution is 5.85. The molecule has 110 valence electrons. The summed E-state index contributed by atoms with van der Waals surface area (Å²) in [5.41, 5.74) is 0.516. The SMILES string of the molecule is CCOC(=O)C(NC(C)=O)c1ccc(OC)cc1OC. The van der Waals surface area contributed by atoms with Crippen molar-refractivity contribution in [3.63, 3.8) is 0 Å². The number of methoxy groups -OCH3 is 2. The minimum atomic E-state index is -0.909. The van der Waals surface area contributed by atoms with Crippen LogP contribution in [0.25, 0.3) is 0 Å². The topological polar surface area (TPSA) is 73.9 Å². The van der Waals surface area contributed by atoms with Gasteiger partial charge in [0.05, 0.1) is 20.8 Å². The van der Waals surface area contributed by atoms with Crippen LogP contribution in [0.3, 0.4) is 0 Å². The lowest BCUT2D eigenvalue weighted by Gasteiger charge is -2.19. The van der Waals surface area contributed by atoms with Crippen LogP contribution in [0.4, 0.5) is 0 Å². The first-order valence-electron chi connectivity index (χ1n) is 6.19. The zero-order chi connectivity index (χ0) is 15.1. The minimum absolute atomic E-state index is 0.230. The monoisotopic (exact) mass is 281 g/mol. The molecule has 0 aliphatic carbocycles. The maximum atomic E-state index is 12.0. The van der Waals surface area contributed by atoms with Gasteiger partial charge >= 0.3 is 5.97 Å². The quantitative estimate of drug-likeness (QED) is 0.799. The van der Waals surface area contributed by atoms with Crippen molar-refractivity contribution in [3.8, 4) is 11.5 Å². The van der Waals surface area contributed by atoms with Crippen LogP contribution in [-0.4, -0.2) is 32.7 Å². The zero-order valence-corrected chi connectivity index (χ0v) is 12.1. The molecule has 1 aromatic rings. The second kappa shape index (κ2) is 7.37. The van der Waals surface area contributed by atoms with Crippen molar-refractivity contribution < 1.29 is 23.8 Å². The van der Waals surface area contributed by atoms with Gasteiger partial charge in [0.15, 0.2) is 6.04 Å². The highest BCUT2D eigenvalue weighted by Crippen LogP contribution is 2.30. The third-order valence-electron chi connectivity index (χ3n) is 2.62. The Hall–Kier alpha value is -2.24. The van der Waals surface area contributed by atoms with Crippen LogP contribution in [0.2, 0.25) is 0 Å². The predicted molar refractivity (Wildman–Crippen MR) is 72.7 cm³/mol. The number of benzene rings is 1. The Balaban J connectivity index is 3.18. The lowest BCUT2D eigenvalue weighted by Crippen LogP contribution is -2.33. The third-order valence-corrected chi connectivity index (χ3v) is 2.62. The van der Waals surface area contributed by atoms with Crippen molar-refractivity contribution in [2.45, 2.75) is 19.9 Å². The fourth-order valence-corrected chi connectivity index (χ4v) is 1.75. The Morgan fingerprint density at radius 1 is 1.25 bits per heavy atom. The number of carbonyl (C=O) groups is 2. The number of rotatable bonds is 6. The summed E-state index contributed by atoms with van der Waals surface area (Å²) in [6.07, 6.45) is 0. The number of nitrogens with one attached hydrogen (secondary N) is 1. The Bertz CT molecular complexity index is 486. The molecule has 0 spiro atoms. The Morgan fingerprint density at radius 2 is 1.95 bits per heavy atom. The summed E-state index contributed by atoms with van der Waals surface area (Å²) >= 11 is 0. The summed E-state index contributed by atoms with van der Waals surface area (Å²) in [5, 5.41) is 2.56. The molecule has 1 N–H and O–H groups in total. The van der Waals surface area contributed by atoms with Gasteiger partial charge in [0.1, 0.15) is 11.5 Å². The largest absolute Gasteiger partial charge is 0.497 e. The molecule has 0 aliphatic heterocycles. The summed E-state index contributed by atoms with van der Waals surface area (Å²) in [4.78, 5) is 23.3.